The molecule has 0 aromatic heterocycles. The zero-order valence-corrected chi connectivity index (χ0v) is 10.6. The quantitative estimate of drug-likeness (QED) is 0.759. The van der Waals surface area contributed by atoms with E-state index in [1.807, 2.05) is 21.0 Å². The predicted molar refractivity (Wildman–Crippen MR) is 70.0 cm³/mol. The van der Waals surface area contributed by atoms with Gasteiger partial charge < -0.3 is 9.64 Å². The molecule has 0 amide bonds. The van der Waals surface area contributed by atoms with Crippen LogP contribution in [0.3, 0.4) is 0 Å². The van der Waals surface area contributed by atoms with Crippen LogP contribution in [0.4, 0.5) is 5.69 Å². The third-order valence-corrected chi connectivity index (χ3v) is 2.90. The molecule has 1 aliphatic heterocycles. The molecule has 1 saturated heterocycles. The summed E-state index contributed by atoms with van der Waals surface area (Å²) in [4.78, 5) is 2.43. The van der Waals surface area contributed by atoms with Crippen LogP contribution in [0.2, 0.25) is 0 Å². The Morgan fingerprint density at radius 2 is 1.62 bits per heavy atom. The minimum Gasteiger partial charge on any atom is -0.381 e. The number of ether oxygens (including phenoxy) is 1. The number of nitrogens with zero attached hydrogens (tertiary/aromatic N) is 1. The Balaban J connectivity index is 0.000000606. The molecule has 0 N–H and O–H groups in total. The van der Waals surface area contributed by atoms with Crippen molar-refractivity contribution in [2.24, 2.45) is 0 Å². The van der Waals surface area contributed by atoms with Gasteiger partial charge in [-0.25, -0.2) is 0 Å². The second-order valence-corrected chi connectivity index (χ2v) is 3.76. The van der Waals surface area contributed by atoms with Crippen LogP contribution in [0.5, 0.6) is 0 Å². The van der Waals surface area contributed by atoms with Crippen LogP contribution in [-0.4, -0.2) is 26.3 Å². The number of benzene rings is 1. The number of hydrogen-bond acceptors (Lipinski definition) is 2. The summed E-state index contributed by atoms with van der Waals surface area (Å²) in [6.45, 7) is 6.23. The highest BCUT2D eigenvalue weighted by Crippen LogP contribution is 2.20. The number of rotatable bonds is 2. The molecule has 0 saturated carbocycles. The maximum Gasteiger partial charge on any atom is 0.0605 e. The maximum absolute atomic E-state index is 5.35. The first-order valence-electron chi connectivity index (χ1n) is 6.23. The summed E-state index contributed by atoms with van der Waals surface area (Å²) in [5.41, 5.74) is 1.34. The van der Waals surface area contributed by atoms with E-state index in [9.17, 15) is 0 Å². The molecule has 2 nitrogen and oxygen atoms in total. The Bertz CT molecular complexity index is 265. The van der Waals surface area contributed by atoms with Crippen LogP contribution in [0, 0.1) is 0 Å². The molecule has 1 aromatic carbocycles. The van der Waals surface area contributed by atoms with Gasteiger partial charge in [0.2, 0.25) is 0 Å². The molecule has 1 aromatic rings. The van der Waals surface area contributed by atoms with Crippen LogP contribution in [-0.2, 0) is 4.74 Å². The van der Waals surface area contributed by atoms with E-state index in [1.54, 1.807) is 0 Å². The lowest BCUT2D eigenvalue weighted by molar-refractivity contribution is 0.0819. The summed E-state index contributed by atoms with van der Waals surface area (Å²) in [6.07, 6.45) is 2.76. The molecular weight excluding hydrogens is 198 g/mol. The van der Waals surface area contributed by atoms with Gasteiger partial charge in [-0.3, -0.25) is 0 Å². The van der Waals surface area contributed by atoms with Crippen LogP contribution >= 0.6 is 0 Å². The topological polar surface area (TPSA) is 12.5 Å². The Kier molecular flexibility index (Phi) is 5.94. The molecule has 16 heavy (non-hydrogen) atoms. The fourth-order valence-electron chi connectivity index (χ4n) is 1.99. The van der Waals surface area contributed by atoms with Crippen LogP contribution < -0.4 is 4.90 Å². The molecule has 0 unspecified atom stereocenters. The van der Waals surface area contributed by atoms with Gasteiger partial charge in [0.1, 0.15) is 0 Å². The Morgan fingerprint density at radius 3 is 2.12 bits per heavy atom. The lowest BCUT2D eigenvalue weighted by Gasteiger charge is -2.32. The van der Waals surface area contributed by atoms with Crippen molar-refractivity contribution in [3.8, 4) is 0 Å². The zero-order chi connectivity index (χ0) is 11.8. The van der Waals surface area contributed by atoms with E-state index in [0.717, 1.165) is 25.9 Å². The number of methoxy groups -OCH3 is 1. The van der Waals surface area contributed by atoms with Gasteiger partial charge in [0.15, 0.2) is 0 Å². The van der Waals surface area contributed by atoms with Crippen molar-refractivity contribution in [2.45, 2.75) is 32.8 Å². The first-order valence-corrected chi connectivity index (χ1v) is 6.23. The number of para-hydroxylation sites is 1. The Hall–Kier alpha value is -1.02. The molecule has 1 heterocycles. The number of anilines is 1. The summed E-state index contributed by atoms with van der Waals surface area (Å²) in [5.74, 6) is 0. The van der Waals surface area contributed by atoms with E-state index < -0.39 is 0 Å². The van der Waals surface area contributed by atoms with Crippen LogP contribution in [0.1, 0.15) is 26.7 Å². The van der Waals surface area contributed by atoms with Crippen molar-refractivity contribution in [2.75, 3.05) is 25.1 Å². The molecular formula is C14H23NO. The van der Waals surface area contributed by atoms with E-state index in [2.05, 4.69) is 35.2 Å². The van der Waals surface area contributed by atoms with Crippen molar-refractivity contribution in [3.05, 3.63) is 30.3 Å². The first-order chi connectivity index (χ1) is 7.90. The summed E-state index contributed by atoms with van der Waals surface area (Å²) in [7, 11) is 1.81. The van der Waals surface area contributed by atoms with Crippen molar-refractivity contribution < 1.29 is 4.74 Å². The lowest BCUT2D eigenvalue weighted by atomic mass is 10.1. The van der Waals surface area contributed by atoms with Gasteiger partial charge in [-0.05, 0) is 25.0 Å². The van der Waals surface area contributed by atoms with Gasteiger partial charge in [0.05, 0.1) is 6.10 Å². The van der Waals surface area contributed by atoms with Gasteiger partial charge >= 0.3 is 0 Å². The normalized spacial score (nSPS) is 16.6. The van der Waals surface area contributed by atoms with Crippen LogP contribution in [0.25, 0.3) is 0 Å². The molecule has 0 spiro atoms. The molecule has 0 aliphatic carbocycles. The van der Waals surface area contributed by atoms with Crippen molar-refractivity contribution >= 4 is 5.69 Å². The molecule has 1 fully saturated rings. The molecule has 1 aliphatic rings. The lowest BCUT2D eigenvalue weighted by Crippen LogP contribution is -2.36. The molecule has 0 atom stereocenters. The summed E-state index contributed by atoms with van der Waals surface area (Å²) in [5, 5.41) is 0. The summed E-state index contributed by atoms with van der Waals surface area (Å²) < 4.78 is 5.35. The van der Waals surface area contributed by atoms with Gasteiger partial charge in [-0.15, -0.1) is 0 Å². The molecule has 0 bridgehead atoms. The van der Waals surface area contributed by atoms with E-state index in [4.69, 9.17) is 4.74 Å². The van der Waals surface area contributed by atoms with E-state index in [0.29, 0.717) is 6.10 Å². The largest absolute Gasteiger partial charge is 0.381 e. The van der Waals surface area contributed by atoms with Gasteiger partial charge in [0, 0.05) is 25.9 Å². The molecule has 2 heteroatoms. The third-order valence-electron chi connectivity index (χ3n) is 2.90. The standard InChI is InChI=1S/C12H17NO.C2H6/c1-14-12-7-9-13(10-8-12)11-5-3-2-4-6-11;1-2/h2-6,12H,7-10H2,1H3;1-2H3. The zero-order valence-electron chi connectivity index (χ0n) is 10.6. The number of piperidine rings is 1. The van der Waals surface area contributed by atoms with Crippen molar-refractivity contribution in [1.29, 1.82) is 0 Å². The predicted octanol–water partition coefficient (Wildman–Crippen LogP) is 3.33. The van der Waals surface area contributed by atoms with Crippen molar-refractivity contribution in [1.82, 2.24) is 0 Å². The van der Waals surface area contributed by atoms with Gasteiger partial charge in [-0.2, -0.15) is 0 Å². The van der Waals surface area contributed by atoms with Gasteiger partial charge in [0.25, 0.3) is 0 Å². The van der Waals surface area contributed by atoms with E-state index >= 15 is 0 Å². The monoisotopic (exact) mass is 221 g/mol. The second kappa shape index (κ2) is 7.29. The second-order valence-electron chi connectivity index (χ2n) is 3.76. The van der Waals surface area contributed by atoms with Crippen LogP contribution in [0.15, 0.2) is 30.3 Å². The molecule has 0 radical (unpaired) electrons. The minimum atomic E-state index is 0.468. The smallest absolute Gasteiger partial charge is 0.0605 e. The summed E-state index contributed by atoms with van der Waals surface area (Å²) in [6, 6.07) is 10.6. The van der Waals surface area contributed by atoms with Crippen molar-refractivity contribution in [3.63, 3.8) is 0 Å². The van der Waals surface area contributed by atoms with E-state index in [1.165, 1.54) is 5.69 Å². The molecule has 2 rings (SSSR count). The van der Waals surface area contributed by atoms with Gasteiger partial charge in [-0.1, -0.05) is 32.0 Å². The van der Waals surface area contributed by atoms with E-state index in [-0.39, 0.29) is 0 Å². The minimum absolute atomic E-state index is 0.468. The third kappa shape index (κ3) is 3.53. The fourth-order valence-corrected chi connectivity index (χ4v) is 1.99. The molecule has 90 valence electrons. The highest BCUT2D eigenvalue weighted by Gasteiger charge is 2.18. The summed E-state index contributed by atoms with van der Waals surface area (Å²) >= 11 is 0. The SMILES string of the molecule is CC.COC1CCN(c2ccccc2)CC1. The highest BCUT2D eigenvalue weighted by molar-refractivity contribution is 5.46. The first kappa shape index (κ1) is 13.0. The number of hydrogen-bond donors (Lipinski definition) is 0. The average molecular weight is 221 g/mol. The Morgan fingerprint density at radius 1 is 1.06 bits per heavy atom. The fraction of sp³-hybridized carbons (Fsp3) is 0.571. The highest BCUT2D eigenvalue weighted by atomic mass is 16.5. The Labute approximate surface area is 99.2 Å². The maximum atomic E-state index is 5.35. The average Bonchev–Trinajstić information content (AvgIpc) is 2.42.